The zero-order valence-corrected chi connectivity index (χ0v) is 13.5. The largest absolute Gasteiger partial charge is 0.388 e. The summed E-state index contributed by atoms with van der Waals surface area (Å²) in [4.78, 5) is 14.5. The number of amides is 1. The number of aliphatic hydroxyl groups is 1. The van der Waals surface area contributed by atoms with Crippen molar-refractivity contribution < 1.29 is 9.90 Å². The number of carbonyl (C=O) groups excluding carboxylic acids is 1. The SMILES string of the molecule is CCCC(O)c1ccc2c(c1)CN(C(=O)c1ccccc1)CC2. The molecule has 2 aromatic rings. The van der Waals surface area contributed by atoms with Gasteiger partial charge in [0, 0.05) is 18.7 Å². The van der Waals surface area contributed by atoms with Crippen LogP contribution in [0.3, 0.4) is 0 Å². The second-order valence-corrected chi connectivity index (χ2v) is 6.18. The van der Waals surface area contributed by atoms with Gasteiger partial charge in [-0.15, -0.1) is 0 Å². The highest BCUT2D eigenvalue weighted by Crippen LogP contribution is 2.26. The van der Waals surface area contributed by atoms with Crippen LogP contribution in [-0.4, -0.2) is 22.5 Å². The van der Waals surface area contributed by atoms with E-state index in [0.29, 0.717) is 6.54 Å². The third kappa shape index (κ3) is 3.45. The van der Waals surface area contributed by atoms with Gasteiger partial charge in [0.15, 0.2) is 0 Å². The van der Waals surface area contributed by atoms with Gasteiger partial charge in [0.1, 0.15) is 0 Å². The van der Waals surface area contributed by atoms with Gasteiger partial charge < -0.3 is 10.0 Å². The van der Waals surface area contributed by atoms with Gasteiger partial charge >= 0.3 is 0 Å². The minimum Gasteiger partial charge on any atom is -0.388 e. The van der Waals surface area contributed by atoms with Crippen molar-refractivity contribution in [1.82, 2.24) is 4.90 Å². The Kier molecular flexibility index (Phi) is 4.77. The lowest BCUT2D eigenvalue weighted by molar-refractivity contribution is 0.0734. The highest BCUT2D eigenvalue weighted by Gasteiger charge is 2.22. The molecule has 3 rings (SSSR count). The standard InChI is InChI=1S/C20H23NO2/c1-2-6-19(22)17-10-9-15-11-12-21(14-18(15)13-17)20(23)16-7-4-3-5-8-16/h3-5,7-10,13,19,22H,2,6,11-12,14H2,1H3. The maximum absolute atomic E-state index is 12.6. The van der Waals surface area contributed by atoms with Crippen LogP contribution in [0.4, 0.5) is 0 Å². The predicted octanol–water partition coefficient (Wildman–Crippen LogP) is 3.72. The molecule has 3 nitrogen and oxygen atoms in total. The first kappa shape index (κ1) is 15.8. The summed E-state index contributed by atoms with van der Waals surface area (Å²) < 4.78 is 0. The van der Waals surface area contributed by atoms with Gasteiger partial charge in [-0.25, -0.2) is 0 Å². The minimum absolute atomic E-state index is 0.0794. The van der Waals surface area contributed by atoms with E-state index in [-0.39, 0.29) is 5.91 Å². The maximum atomic E-state index is 12.6. The van der Waals surface area contributed by atoms with E-state index in [9.17, 15) is 9.90 Å². The van der Waals surface area contributed by atoms with Gasteiger partial charge in [-0.2, -0.15) is 0 Å². The molecule has 120 valence electrons. The number of fused-ring (bicyclic) bond motifs is 1. The van der Waals surface area contributed by atoms with Crippen LogP contribution in [-0.2, 0) is 13.0 Å². The molecule has 1 N–H and O–H groups in total. The number of aliphatic hydroxyl groups excluding tert-OH is 1. The number of nitrogens with zero attached hydrogens (tertiary/aromatic N) is 1. The Labute approximate surface area is 137 Å². The first-order valence-electron chi connectivity index (χ1n) is 8.33. The van der Waals surface area contributed by atoms with Gasteiger partial charge in [0.2, 0.25) is 0 Å². The topological polar surface area (TPSA) is 40.5 Å². The first-order chi connectivity index (χ1) is 11.2. The van der Waals surface area contributed by atoms with Gasteiger partial charge in [-0.05, 0) is 41.7 Å². The average molecular weight is 309 g/mol. The summed E-state index contributed by atoms with van der Waals surface area (Å²) in [6.45, 7) is 3.44. The van der Waals surface area contributed by atoms with Crippen LogP contribution >= 0.6 is 0 Å². The van der Waals surface area contributed by atoms with Gasteiger partial charge in [0.25, 0.3) is 5.91 Å². The molecule has 1 aliphatic rings. The predicted molar refractivity (Wildman–Crippen MR) is 91.2 cm³/mol. The first-order valence-corrected chi connectivity index (χ1v) is 8.33. The molecule has 0 fully saturated rings. The lowest BCUT2D eigenvalue weighted by Gasteiger charge is -2.29. The van der Waals surface area contributed by atoms with Crippen LogP contribution in [0.2, 0.25) is 0 Å². The van der Waals surface area contributed by atoms with E-state index >= 15 is 0 Å². The Morgan fingerprint density at radius 2 is 1.96 bits per heavy atom. The molecule has 0 bridgehead atoms. The molecule has 1 heterocycles. The molecule has 1 amide bonds. The van der Waals surface area contributed by atoms with E-state index in [2.05, 4.69) is 19.1 Å². The van der Waals surface area contributed by atoms with E-state index in [1.165, 1.54) is 5.56 Å². The number of hydrogen-bond acceptors (Lipinski definition) is 2. The fourth-order valence-electron chi connectivity index (χ4n) is 3.16. The Morgan fingerprint density at radius 3 is 2.70 bits per heavy atom. The van der Waals surface area contributed by atoms with E-state index in [4.69, 9.17) is 0 Å². The van der Waals surface area contributed by atoms with Crippen LogP contribution in [0, 0.1) is 0 Å². The average Bonchev–Trinajstić information content (AvgIpc) is 2.61. The summed E-state index contributed by atoms with van der Waals surface area (Å²) in [7, 11) is 0. The second-order valence-electron chi connectivity index (χ2n) is 6.18. The highest BCUT2D eigenvalue weighted by molar-refractivity contribution is 5.94. The number of hydrogen-bond donors (Lipinski definition) is 1. The highest BCUT2D eigenvalue weighted by atomic mass is 16.3. The van der Waals surface area contributed by atoms with Crippen molar-refractivity contribution in [1.29, 1.82) is 0 Å². The van der Waals surface area contributed by atoms with Crippen molar-refractivity contribution in [3.8, 4) is 0 Å². The Hall–Kier alpha value is -2.13. The van der Waals surface area contributed by atoms with Crippen LogP contribution in [0.5, 0.6) is 0 Å². The lowest BCUT2D eigenvalue weighted by Crippen LogP contribution is -2.36. The summed E-state index contributed by atoms with van der Waals surface area (Å²) >= 11 is 0. The van der Waals surface area contributed by atoms with Gasteiger partial charge in [-0.3, -0.25) is 4.79 Å². The zero-order chi connectivity index (χ0) is 16.2. The van der Waals surface area contributed by atoms with Crippen molar-refractivity contribution in [2.45, 2.75) is 38.8 Å². The van der Waals surface area contributed by atoms with E-state index in [1.54, 1.807) is 0 Å². The molecule has 0 aliphatic carbocycles. The lowest BCUT2D eigenvalue weighted by atomic mass is 9.94. The monoisotopic (exact) mass is 309 g/mol. The third-order valence-electron chi connectivity index (χ3n) is 4.50. The molecule has 23 heavy (non-hydrogen) atoms. The molecule has 0 spiro atoms. The molecule has 0 saturated carbocycles. The molecule has 2 aromatic carbocycles. The van der Waals surface area contributed by atoms with Crippen molar-refractivity contribution in [2.75, 3.05) is 6.54 Å². The number of rotatable bonds is 4. The smallest absolute Gasteiger partial charge is 0.254 e. The van der Waals surface area contributed by atoms with Crippen LogP contribution in [0.1, 0.15) is 52.9 Å². The normalized spacial score (nSPS) is 15.1. The van der Waals surface area contributed by atoms with E-state index < -0.39 is 6.10 Å². The fraction of sp³-hybridized carbons (Fsp3) is 0.350. The summed E-state index contributed by atoms with van der Waals surface area (Å²) in [6.07, 6.45) is 2.19. The number of benzene rings is 2. The summed E-state index contributed by atoms with van der Waals surface area (Å²) in [5, 5.41) is 10.2. The van der Waals surface area contributed by atoms with Crippen LogP contribution < -0.4 is 0 Å². The quantitative estimate of drug-likeness (QED) is 0.935. The molecule has 1 unspecified atom stereocenters. The zero-order valence-electron chi connectivity index (χ0n) is 13.5. The maximum Gasteiger partial charge on any atom is 0.254 e. The Morgan fingerprint density at radius 1 is 1.17 bits per heavy atom. The summed E-state index contributed by atoms with van der Waals surface area (Å²) in [6, 6.07) is 15.6. The summed E-state index contributed by atoms with van der Waals surface area (Å²) in [5.41, 5.74) is 4.14. The van der Waals surface area contributed by atoms with Crippen LogP contribution in [0.15, 0.2) is 48.5 Å². The molecular formula is C20H23NO2. The molecule has 1 aliphatic heterocycles. The molecule has 0 aromatic heterocycles. The second kappa shape index (κ2) is 6.97. The molecular weight excluding hydrogens is 286 g/mol. The molecule has 0 radical (unpaired) electrons. The van der Waals surface area contributed by atoms with Crippen molar-refractivity contribution in [2.24, 2.45) is 0 Å². The fourth-order valence-corrected chi connectivity index (χ4v) is 3.16. The summed E-state index contributed by atoms with van der Waals surface area (Å²) in [5.74, 6) is 0.0794. The van der Waals surface area contributed by atoms with Crippen molar-refractivity contribution in [3.05, 3.63) is 70.8 Å². The van der Waals surface area contributed by atoms with Gasteiger partial charge in [0.05, 0.1) is 6.10 Å². The molecule has 0 saturated heterocycles. The third-order valence-corrected chi connectivity index (χ3v) is 4.50. The van der Waals surface area contributed by atoms with Gasteiger partial charge in [-0.1, -0.05) is 49.7 Å². The van der Waals surface area contributed by atoms with E-state index in [0.717, 1.165) is 42.5 Å². The van der Waals surface area contributed by atoms with Crippen LogP contribution in [0.25, 0.3) is 0 Å². The van der Waals surface area contributed by atoms with Crippen molar-refractivity contribution >= 4 is 5.91 Å². The number of carbonyl (C=O) groups is 1. The minimum atomic E-state index is -0.412. The molecule has 3 heteroatoms. The van der Waals surface area contributed by atoms with Crippen molar-refractivity contribution in [3.63, 3.8) is 0 Å². The Bertz CT molecular complexity index is 681. The Balaban J connectivity index is 1.79. The molecule has 1 atom stereocenters. The van der Waals surface area contributed by atoms with E-state index in [1.807, 2.05) is 41.3 Å².